The highest BCUT2D eigenvalue weighted by Gasteiger charge is 2.31. The van der Waals surface area contributed by atoms with Crippen LogP contribution in [0.15, 0.2) is 18.2 Å². The number of hydrazine groups is 1. The minimum absolute atomic E-state index is 0.159. The molecule has 0 spiro atoms. The van der Waals surface area contributed by atoms with Crippen LogP contribution < -0.4 is 11.3 Å². The van der Waals surface area contributed by atoms with E-state index in [0.29, 0.717) is 22.4 Å². The minimum Gasteiger partial charge on any atom is -0.271 e. The quantitative estimate of drug-likeness (QED) is 0.649. The molecule has 0 amide bonds. The molecule has 1 aromatic rings. The molecule has 0 aromatic heterocycles. The number of hydrogen-bond acceptors (Lipinski definition) is 2. The van der Waals surface area contributed by atoms with Crippen molar-refractivity contribution >= 4 is 11.6 Å². The molecule has 1 saturated carbocycles. The Kier molecular flexibility index (Phi) is 4.82. The highest BCUT2D eigenvalue weighted by molar-refractivity contribution is 6.30. The predicted molar refractivity (Wildman–Crippen MR) is 77.1 cm³/mol. The van der Waals surface area contributed by atoms with Gasteiger partial charge in [0.05, 0.1) is 6.04 Å². The Balaban J connectivity index is 2.22. The van der Waals surface area contributed by atoms with E-state index in [4.69, 9.17) is 17.4 Å². The van der Waals surface area contributed by atoms with Crippen LogP contribution in [-0.4, -0.2) is 0 Å². The summed E-state index contributed by atoms with van der Waals surface area (Å²) in [6.45, 7) is 4.55. The van der Waals surface area contributed by atoms with Gasteiger partial charge in [-0.2, -0.15) is 0 Å². The van der Waals surface area contributed by atoms with Crippen LogP contribution in [0.3, 0.4) is 0 Å². The van der Waals surface area contributed by atoms with Gasteiger partial charge in [-0.05, 0) is 48.8 Å². The van der Waals surface area contributed by atoms with E-state index >= 15 is 0 Å². The van der Waals surface area contributed by atoms with E-state index in [9.17, 15) is 4.39 Å². The van der Waals surface area contributed by atoms with Crippen molar-refractivity contribution in [1.82, 2.24) is 5.43 Å². The summed E-state index contributed by atoms with van der Waals surface area (Å²) < 4.78 is 14.0. The van der Waals surface area contributed by atoms with Crippen molar-refractivity contribution < 1.29 is 4.39 Å². The van der Waals surface area contributed by atoms with Gasteiger partial charge < -0.3 is 0 Å². The van der Waals surface area contributed by atoms with Crippen LogP contribution in [0.2, 0.25) is 5.02 Å². The lowest BCUT2D eigenvalue weighted by atomic mass is 9.72. The molecule has 1 aliphatic carbocycles. The van der Waals surface area contributed by atoms with Gasteiger partial charge in [-0.25, -0.2) is 4.39 Å². The summed E-state index contributed by atoms with van der Waals surface area (Å²) in [4.78, 5) is 0. The first-order valence-electron chi connectivity index (χ1n) is 6.94. The van der Waals surface area contributed by atoms with Crippen LogP contribution >= 0.6 is 11.6 Å². The van der Waals surface area contributed by atoms with Crippen molar-refractivity contribution in [3.8, 4) is 0 Å². The van der Waals surface area contributed by atoms with Crippen molar-refractivity contribution in [3.63, 3.8) is 0 Å². The molecule has 2 rings (SSSR count). The number of hydrogen-bond donors (Lipinski definition) is 2. The molecule has 0 saturated heterocycles. The van der Waals surface area contributed by atoms with Gasteiger partial charge in [-0.1, -0.05) is 31.9 Å². The molecule has 0 bridgehead atoms. The average molecular weight is 285 g/mol. The zero-order valence-electron chi connectivity index (χ0n) is 11.5. The fourth-order valence-corrected chi connectivity index (χ4v) is 3.31. The van der Waals surface area contributed by atoms with E-state index in [1.54, 1.807) is 12.1 Å². The second-order valence-electron chi connectivity index (χ2n) is 5.84. The maximum absolute atomic E-state index is 14.0. The fraction of sp³-hybridized carbons (Fsp3) is 0.600. The second-order valence-corrected chi connectivity index (χ2v) is 6.27. The number of benzene rings is 1. The summed E-state index contributed by atoms with van der Waals surface area (Å²) in [5.41, 5.74) is 3.38. The Bertz CT molecular complexity index is 438. The third kappa shape index (κ3) is 3.28. The Hall–Kier alpha value is -0.640. The summed E-state index contributed by atoms with van der Waals surface area (Å²) in [6, 6.07) is 4.51. The standard InChI is InChI=1S/C15H22ClFN2/c1-9-3-4-11(7-10(9)2)15(19-18)13-8-12(16)5-6-14(13)17/h5-6,8-11,15,19H,3-4,7,18H2,1-2H3. The summed E-state index contributed by atoms with van der Waals surface area (Å²) in [7, 11) is 0. The van der Waals surface area contributed by atoms with Crippen molar-refractivity contribution in [3.05, 3.63) is 34.6 Å². The number of rotatable bonds is 3. The van der Waals surface area contributed by atoms with Crippen molar-refractivity contribution in [2.24, 2.45) is 23.6 Å². The van der Waals surface area contributed by atoms with E-state index in [0.717, 1.165) is 18.8 Å². The second kappa shape index (κ2) is 6.21. The molecular weight excluding hydrogens is 263 g/mol. The summed E-state index contributed by atoms with van der Waals surface area (Å²) >= 11 is 5.97. The van der Waals surface area contributed by atoms with E-state index in [1.807, 2.05) is 0 Å². The van der Waals surface area contributed by atoms with Gasteiger partial charge in [-0.15, -0.1) is 0 Å². The molecule has 4 unspecified atom stereocenters. The molecule has 19 heavy (non-hydrogen) atoms. The maximum atomic E-state index is 14.0. The van der Waals surface area contributed by atoms with Crippen LogP contribution in [0, 0.1) is 23.6 Å². The first-order valence-corrected chi connectivity index (χ1v) is 7.31. The van der Waals surface area contributed by atoms with E-state index < -0.39 is 0 Å². The van der Waals surface area contributed by atoms with Gasteiger partial charge >= 0.3 is 0 Å². The van der Waals surface area contributed by atoms with Crippen molar-refractivity contribution in [1.29, 1.82) is 0 Å². The maximum Gasteiger partial charge on any atom is 0.128 e. The number of nitrogens with one attached hydrogen (secondary N) is 1. The molecule has 1 aliphatic rings. The lowest BCUT2D eigenvalue weighted by molar-refractivity contribution is 0.169. The van der Waals surface area contributed by atoms with Gasteiger partial charge in [0.25, 0.3) is 0 Å². The van der Waals surface area contributed by atoms with Gasteiger partial charge in [-0.3, -0.25) is 11.3 Å². The molecule has 1 aromatic carbocycles. The molecule has 4 atom stereocenters. The Labute approximate surface area is 119 Å². The van der Waals surface area contributed by atoms with Crippen LogP contribution in [0.4, 0.5) is 4.39 Å². The lowest BCUT2D eigenvalue weighted by Gasteiger charge is -2.36. The minimum atomic E-state index is -0.237. The van der Waals surface area contributed by atoms with Crippen LogP contribution in [0.5, 0.6) is 0 Å². The molecule has 0 radical (unpaired) electrons. The van der Waals surface area contributed by atoms with E-state index in [1.165, 1.54) is 12.5 Å². The SMILES string of the molecule is CC1CCC(C(NN)c2cc(Cl)ccc2F)CC1C. The Morgan fingerprint density at radius 3 is 2.68 bits per heavy atom. The van der Waals surface area contributed by atoms with Crippen LogP contribution in [-0.2, 0) is 0 Å². The number of halogens is 2. The molecule has 0 heterocycles. The summed E-state index contributed by atoms with van der Waals surface area (Å²) in [5, 5.41) is 0.550. The monoisotopic (exact) mass is 284 g/mol. The topological polar surface area (TPSA) is 38.0 Å². The molecule has 3 N–H and O–H groups in total. The normalized spacial score (nSPS) is 29.2. The van der Waals surface area contributed by atoms with Gasteiger partial charge in [0.2, 0.25) is 0 Å². The molecule has 4 heteroatoms. The molecular formula is C15H22ClFN2. The first-order chi connectivity index (χ1) is 9.02. The zero-order chi connectivity index (χ0) is 14.0. The molecule has 1 fully saturated rings. The third-order valence-electron chi connectivity index (χ3n) is 4.58. The van der Waals surface area contributed by atoms with Crippen molar-refractivity contribution in [2.45, 2.75) is 39.2 Å². The molecule has 2 nitrogen and oxygen atoms in total. The van der Waals surface area contributed by atoms with Crippen LogP contribution in [0.1, 0.15) is 44.7 Å². The zero-order valence-corrected chi connectivity index (χ0v) is 12.3. The largest absolute Gasteiger partial charge is 0.271 e. The highest BCUT2D eigenvalue weighted by atomic mass is 35.5. The van der Waals surface area contributed by atoms with E-state index in [-0.39, 0.29) is 11.9 Å². The average Bonchev–Trinajstić information content (AvgIpc) is 2.38. The van der Waals surface area contributed by atoms with E-state index in [2.05, 4.69) is 19.3 Å². The van der Waals surface area contributed by atoms with Crippen molar-refractivity contribution in [2.75, 3.05) is 0 Å². The smallest absolute Gasteiger partial charge is 0.128 e. The molecule has 0 aliphatic heterocycles. The van der Waals surface area contributed by atoms with Gasteiger partial charge in [0.15, 0.2) is 0 Å². The third-order valence-corrected chi connectivity index (χ3v) is 4.82. The summed E-state index contributed by atoms with van der Waals surface area (Å²) in [5.74, 6) is 7.19. The van der Waals surface area contributed by atoms with Gasteiger partial charge in [0, 0.05) is 10.6 Å². The van der Waals surface area contributed by atoms with Gasteiger partial charge in [0.1, 0.15) is 5.82 Å². The molecule has 106 valence electrons. The Morgan fingerprint density at radius 1 is 1.32 bits per heavy atom. The van der Waals surface area contributed by atoms with Crippen LogP contribution in [0.25, 0.3) is 0 Å². The predicted octanol–water partition coefficient (Wildman–Crippen LogP) is 4.06. The first kappa shape index (κ1) is 14.8. The lowest BCUT2D eigenvalue weighted by Crippen LogP contribution is -2.37. The number of nitrogens with two attached hydrogens (primary N) is 1. The highest BCUT2D eigenvalue weighted by Crippen LogP contribution is 2.40. The fourth-order valence-electron chi connectivity index (χ4n) is 3.12. The Morgan fingerprint density at radius 2 is 2.05 bits per heavy atom. The summed E-state index contributed by atoms with van der Waals surface area (Å²) in [6.07, 6.45) is 3.32.